The smallest absolute Gasteiger partial charge is 0.226 e. The molecule has 0 spiro atoms. The molecule has 1 aliphatic rings. The van der Waals surface area contributed by atoms with Crippen molar-refractivity contribution >= 4 is 28.3 Å². The number of likely N-dealkylation sites (tertiary alicyclic amines) is 1. The molecule has 0 bridgehead atoms. The summed E-state index contributed by atoms with van der Waals surface area (Å²) >= 11 is 1.38. The van der Waals surface area contributed by atoms with Crippen LogP contribution >= 0.6 is 11.3 Å². The highest BCUT2D eigenvalue weighted by molar-refractivity contribution is 7.15. The second-order valence-electron chi connectivity index (χ2n) is 6.58. The summed E-state index contributed by atoms with van der Waals surface area (Å²) in [5.74, 6) is 0.184. The number of rotatable bonds is 5. The third-order valence-electron chi connectivity index (χ3n) is 4.23. The van der Waals surface area contributed by atoms with E-state index in [0.29, 0.717) is 11.0 Å². The molecule has 1 N–H and O–H groups in total. The lowest BCUT2D eigenvalue weighted by Crippen LogP contribution is -2.47. The van der Waals surface area contributed by atoms with E-state index >= 15 is 0 Å². The van der Waals surface area contributed by atoms with Gasteiger partial charge in [-0.1, -0.05) is 25.2 Å². The van der Waals surface area contributed by atoms with Gasteiger partial charge in [-0.05, 0) is 33.1 Å². The van der Waals surface area contributed by atoms with Crippen molar-refractivity contribution in [3.8, 4) is 0 Å². The van der Waals surface area contributed by atoms with Crippen molar-refractivity contribution in [2.24, 2.45) is 0 Å². The molecule has 6 nitrogen and oxygen atoms in total. The van der Waals surface area contributed by atoms with Gasteiger partial charge in [-0.25, -0.2) is 0 Å². The van der Waals surface area contributed by atoms with E-state index in [0.717, 1.165) is 17.8 Å². The van der Waals surface area contributed by atoms with Crippen molar-refractivity contribution in [1.29, 1.82) is 0 Å². The van der Waals surface area contributed by atoms with Crippen LogP contribution in [0.2, 0.25) is 0 Å². The molecule has 1 aromatic rings. The van der Waals surface area contributed by atoms with Crippen LogP contribution in [0.3, 0.4) is 0 Å². The zero-order valence-corrected chi connectivity index (χ0v) is 15.2. The van der Waals surface area contributed by atoms with Crippen LogP contribution in [0.25, 0.3) is 0 Å². The summed E-state index contributed by atoms with van der Waals surface area (Å²) in [4.78, 5) is 26.3. The first-order valence-electron chi connectivity index (χ1n) is 8.33. The minimum Gasteiger partial charge on any atom is -0.337 e. The number of anilines is 1. The van der Waals surface area contributed by atoms with Gasteiger partial charge >= 0.3 is 0 Å². The molecule has 1 fully saturated rings. The van der Waals surface area contributed by atoms with Gasteiger partial charge in [-0.3, -0.25) is 9.59 Å². The Bertz CT molecular complexity index is 548. The molecule has 2 rings (SSSR count). The summed E-state index contributed by atoms with van der Waals surface area (Å²) in [6.07, 6.45) is 3.69. The van der Waals surface area contributed by atoms with Crippen molar-refractivity contribution in [3.63, 3.8) is 0 Å². The lowest BCUT2D eigenvalue weighted by atomic mass is 9.97. The van der Waals surface area contributed by atoms with Gasteiger partial charge in [0.1, 0.15) is 5.01 Å². The van der Waals surface area contributed by atoms with Gasteiger partial charge < -0.3 is 10.2 Å². The van der Waals surface area contributed by atoms with Crippen molar-refractivity contribution in [3.05, 3.63) is 5.01 Å². The number of piperidine rings is 1. The topological polar surface area (TPSA) is 75.2 Å². The van der Waals surface area contributed by atoms with Crippen LogP contribution in [0.4, 0.5) is 5.13 Å². The van der Waals surface area contributed by atoms with E-state index in [2.05, 4.69) is 29.4 Å². The number of hydrogen-bond acceptors (Lipinski definition) is 5. The van der Waals surface area contributed by atoms with Gasteiger partial charge in [0.25, 0.3) is 0 Å². The molecule has 2 amide bonds. The zero-order valence-electron chi connectivity index (χ0n) is 14.3. The predicted octanol–water partition coefficient (Wildman–Crippen LogP) is 3.17. The molecule has 128 valence electrons. The van der Waals surface area contributed by atoms with Crippen molar-refractivity contribution in [2.45, 2.75) is 77.8 Å². The number of hydrogen-bond donors (Lipinski definition) is 1. The Morgan fingerprint density at radius 3 is 2.43 bits per heavy atom. The van der Waals surface area contributed by atoms with Gasteiger partial charge in [0.15, 0.2) is 0 Å². The first-order chi connectivity index (χ1) is 10.9. The first-order valence-corrected chi connectivity index (χ1v) is 9.14. The molecule has 2 atom stereocenters. The second-order valence-corrected chi connectivity index (χ2v) is 7.59. The quantitative estimate of drug-likeness (QED) is 0.895. The van der Waals surface area contributed by atoms with Crippen LogP contribution in [0.5, 0.6) is 0 Å². The van der Waals surface area contributed by atoms with E-state index in [4.69, 9.17) is 0 Å². The number of carbonyl (C=O) groups excluding carboxylic acids is 2. The van der Waals surface area contributed by atoms with E-state index < -0.39 is 0 Å². The zero-order chi connectivity index (χ0) is 17.0. The van der Waals surface area contributed by atoms with Crippen LogP contribution in [0.15, 0.2) is 0 Å². The Morgan fingerprint density at radius 1 is 1.22 bits per heavy atom. The molecule has 1 aliphatic heterocycles. The summed E-state index contributed by atoms with van der Waals surface area (Å²) in [6, 6.07) is 0.539. The third-order valence-corrected chi connectivity index (χ3v) is 5.37. The molecule has 0 saturated carbocycles. The number of aromatic nitrogens is 2. The summed E-state index contributed by atoms with van der Waals surface area (Å²) in [5.41, 5.74) is 0. The number of amides is 2. The molecular weight excluding hydrogens is 312 g/mol. The van der Waals surface area contributed by atoms with Gasteiger partial charge in [0.2, 0.25) is 16.9 Å². The molecule has 23 heavy (non-hydrogen) atoms. The van der Waals surface area contributed by atoms with Crippen LogP contribution < -0.4 is 5.32 Å². The molecule has 2 heterocycles. The third kappa shape index (κ3) is 4.73. The molecule has 7 heteroatoms. The van der Waals surface area contributed by atoms with Gasteiger partial charge in [-0.2, -0.15) is 0 Å². The standard InChI is InChI=1S/C16H26N4O2S/c1-10(2)15-18-19-16(23-15)17-13(21)8-9-14(22)20-11(3)6-5-7-12(20)4/h10-12H,5-9H2,1-4H3,(H,17,19,21). The monoisotopic (exact) mass is 338 g/mol. The van der Waals surface area contributed by atoms with E-state index in [9.17, 15) is 9.59 Å². The number of nitrogens with zero attached hydrogens (tertiary/aromatic N) is 3. The molecule has 0 aliphatic carbocycles. The molecule has 0 aromatic carbocycles. The largest absolute Gasteiger partial charge is 0.337 e. The minimum atomic E-state index is -0.179. The lowest BCUT2D eigenvalue weighted by Gasteiger charge is -2.39. The van der Waals surface area contributed by atoms with Crippen LogP contribution in [0.1, 0.15) is 70.7 Å². The highest BCUT2D eigenvalue weighted by Gasteiger charge is 2.28. The Labute approximate surface area is 141 Å². The van der Waals surface area contributed by atoms with Crippen LogP contribution in [-0.4, -0.2) is 39.0 Å². The van der Waals surface area contributed by atoms with Gasteiger partial charge in [0, 0.05) is 30.8 Å². The molecule has 0 radical (unpaired) electrons. The normalized spacial score (nSPS) is 21.5. The van der Waals surface area contributed by atoms with Crippen LogP contribution in [-0.2, 0) is 9.59 Å². The number of nitrogens with one attached hydrogen (secondary N) is 1. The summed E-state index contributed by atoms with van der Waals surface area (Å²) in [6.45, 7) is 8.24. The molecule has 2 unspecified atom stereocenters. The molecule has 1 aromatic heterocycles. The molecule has 1 saturated heterocycles. The fourth-order valence-electron chi connectivity index (χ4n) is 2.96. The van der Waals surface area contributed by atoms with E-state index in [-0.39, 0.29) is 36.7 Å². The van der Waals surface area contributed by atoms with Crippen molar-refractivity contribution in [2.75, 3.05) is 5.32 Å². The average Bonchev–Trinajstić information content (AvgIpc) is 2.93. The Hall–Kier alpha value is -1.50. The lowest BCUT2D eigenvalue weighted by molar-refractivity contribution is -0.138. The maximum absolute atomic E-state index is 12.4. The SMILES string of the molecule is CC(C)c1nnc(NC(=O)CCC(=O)N2C(C)CCCC2C)s1. The highest BCUT2D eigenvalue weighted by atomic mass is 32.1. The highest BCUT2D eigenvalue weighted by Crippen LogP contribution is 2.24. The Kier molecular flexibility index (Phi) is 6.10. The number of carbonyl (C=O) groups is 2. The summed E-state index contributed by atoms with van der Waals surface area (Å²) in [5, 5.41) is 12.1. The predicted molar refractivity (Wildman–Crippen MR) is 91.5 cm³/mol. The fraction of sp³-hybridized carbons (Fsp3) is 0.750. The van der Waals surface area contributed by atoms with Crippen LogP contribution in [0, 0.1) is 0 Å². The van der Waals surface area contributed by atoms with Gasteiger partial charge in [-0.15, -0.1) is 10.2 Å². The Balaban J connectivity index is 1.82. The Morgan fingerprint density at radius 2 is 1.87 bits per heavy atom. The second kappa shape index (κ2) is 7.86. The average molecular weight is 338 g/mol. The first kappa shape index (κ1) is 17.8. The maximum Gasteiger partial charge on any atom is 0.226 e. The minimum absolute atomic E-state index is 0.0694. The van der Waals surface area contributed by atoms with E-state index in [1.807, 2.05) is 18.7 Å². The van der Waals surface area contributed by atoms with Crippen molar-refractivity contribution in [1.82, 2.24) is 15.1 Å². The van der Waals surface area contributed by atoms with Gasteiger partial charge in [0.05, 0.1) is 0 Å². The summed E-state index contributed by atoms with van der Waals surface area (Å²) in [7, 11) is 0. The van der Waals surface area contributed by atoms with Crippen molar-refractivity contribution < 1.29 is 9.59 Å². The molecular formula is C16H26N4O2S. The summed E-state index contributed by atoms with van der Waals surface area (Å²) < 4.78 is 0. The van der Waals surface area contributed by atoms with E-state index in [1.54, 1.807) is 0 Å². The van der Waals surface area contributed by atoms with E-state index in [1.165, 1.54) is 17.8 Å². The maximum atomic E-state index is 12.4. The fourth-order valence-corrected chi connectivity index (χ4v) is 3.72.